The minimum atomic E-state index is -6.13. The summed E-state index contributed by atoms with van der Waals surface area (Å²) >= 11 is 0. The summed E-state index contributed by atoms with van der Waals surface area (Å²) < 4.78 is 71.3. The first-order valence-electron chi connectivity index (χ1n) is 1.82. The molecule has 0 aromatic rings. The van der Waals surface area contributed by atoms with Crippen molar-refractivity contribution in [1.29, 1.82) is 0 Å². The molecule has 0 rings (SSSR count). The fourth-order valence-corrected chi connectivity index (χ4v) is 1.20. The fourth-order valence-electron chi connectivity index (χ4n) is 0.133. The van der Waals surface area contributed by atoms with E-state index in [-0.39, 0.29) is 106 Å². The molecular formula is CH4F2K2O6S2. The molecule has 0 unspecified atom stereocenters. The van der Waals surface area contributed by atoms with Gasteiger partial charge in [0.1, 0.15) is 0 Å². The molecule has 12 heteroatoms. The summed E-state index contributed by atoms with van der Waals surface area (Å²) in [7, 11) is -12.3. The Hall–Kier alpha value is 2.95. The zero-order valence-electron chi connectivity index (χ0n) is 8.60. The van der Waals surface area contributed by atoms with Crippen LogP contribution >= 0.6 is 0 Å². The van der Waals surface area contributed by atoms with E-state index in [1.807, 2.05) is 0 Å². The standard InChI is InChI=1S/CH2F2O6S2.2K.2H/c2-1(3,10(4,5)6)11(7,8)9;;;;/h(H,4,5,6)(H,7,8,9);;;;/q;2*+1;2*-1. The molecule has 0 aromatic carbocycles. The number of hydrogen-bond donors (Lipinski definition) is 2. The van der Waals surface area contributed by atoms with Gasteiger partial charge < -0.3 is 2.85 Å². The number of hydrogen-bond acceptors (Lipinski definition) is 4. The van der Waals surface area contributed by atoms with Crippen LogP contribution in [0.1, 0.15) is 2.85 Å². The zero-order valence-corrected chi connectivity index (χ0v) is 14.5. The Morgan fingerprint density at radius 2 is 1.08 bits per heavy atom. The van der Waals surface area contributed by atoms with Crippen LogP contribution in [0.4, 0.5) is 8.78 Å². The van der Waals surface area contributed by atoms with Crippen LogP contribution in [0.15, 0.2) is 0 Å². The van der Waals surface area contributed by atoms with Gasteiger partial charge in [0.25, 0.3) is 0 Å². The molecule has 0 spiro atoms. The van der Waals surface area contributed by atoms with Crippen LogP contribution in [0.5, 0.6) is 0 Å². The van der Waals surface area contributed by atoms with Crippen LogP contribution in [0.3, 0.4) is 0 Å². The van der Waals surface area contributed by atoms with Crippen molar-refractivity contribution in [2.24, 2.45) is 0 Å². The van der Waals surface area contributed by atoms with Crippen LogP contribution in [-0.4, -0.2) is 30.5 Å². The summed E-state index contributed by atoms with van der Waals surface area (Å²) in [6.45, 7) is 0. The fraction of sp³-hybridized carbons (Fsp3) is 1.00. The van der Waals surface area contributed by atoms with Crippen molar-refractivity contribution in [3.05, 3.63) is 0 Å². The molecule has 6 nitrogen and oxygen atoms in total. The van der Waals surface area contributed by atoms with Crippen LogP contribution in [0.25, 0.3) is 0 Å². The largest absolute Gasteiger partial charge is 1.00 e. The van der Waals surface area contributed by atoms with Crippen LogP contribution < -0.4 is 103 Å². The topological polar surface area (TPSA) is 109 Å². The molecule has 0 saturated carbocycles. The molecule has 0 atom stereocenters. The maximum atomic E-state index is 11.8. The van der Waals surface area contributed by atoms with Gasteiger partial charge in [0.2, 0.25) is 0 Å². The van der Waals surface area contributed by atoms with E-state index < -0.39 is 24.8 Å². The molecule has 2 N–H and O–H groups in total. The third kappa shape index (κ3) is 5.71. The molecule has 0 saturated heterocycles. The Kier molecular flexibility index (Phi) is 10.8. The van der Waals surface area contributed by atoms with Crippen molar-refractivity contribution in [2.75, 3.05) is 0 Å². The van der Waals surface area contributed by atoms with Crippen LogP contribution in [0.2, 0.25) is 0 Å². The first-order chi connectivity index (χ1) is 4.50. The van der Waals surface area contributed by atoms with Gasteiger partial charge in [-0.25, -0.2) is 0 Å². The van der Waals surface area contributed by atoms with Gasteiger partial charge in [-0.15, -0.1) is 0 Å². The van der Waals surface area contributed by atoms with E-state index in [2.05, 4.69) is 0 Å². The van der Waals surface area contributed by atoms with Crippen molar-refractivity contribution in [2.45, 2.75) is 4.59 Å². The van der Waals surface area contributed by atoms with Crippen molar-refractivity contribution in [3.8, 4) is 0 Å². The molecule has 72 valence electrons. The van der Waals surface area contributed by atoms with Crippen molar-refractivity contribution in [3.63, 3.8) is 0 Å². The second-order valence-electron chi connectivity index (χ2n) is 1.41. The van der Waals surface area contributed by atoms with E-state index in [0.29, 0.717) is 0 Å². The Bertz CT molecular complexity index is 317. The third-order valence-electron chi connectivity index (χ3n) is 0.601. The third-order valence-corrected chi connectivity index (χ3v) is 3.07. The summed E-state index contributed by atoms with van der Waals surface area (Å²) in [5, 5.41) is 0. The summed E-state index contributed by atoms with van der Waals surface area (Å²) in [4.78, 5) is 0. The quantitative estimate of drug-likeness (QED) is 0.387. The van der Waals surface area contributed by atoms with Gasteiger partial charge in [0.15, 0.2) is 0 Å². The van der Waals surface area contributed by atoms with Gasteiger partial charge in [-0.05, 0) is 0 Å². The van der Waals surface area contributed by atoms with E-state index in [1.165, 1.54) is 0 Å². The Morgan fingerprint density at radius 3 is 1.08 bits per heavy atom. The molecule has 0 aliphatic carbocycles. The second-order valence-corrected chi connectivity index (χ2v) is 4.60. The summed E-state index contributed by atoms with van der Waals surface area (Å²) in [6.07, 6.45) is 0. The molecule has 0 heterocycles. The predicted octanol–water partition coefficient (Wildman–Crippen LogP) is -6.45. The number of halogens is 2. The zero-order chi connectivity index (χ0) is 9.50. The predicted molar refractivity (Wildman–Crippen MR) is 30.3 cm³/mol. The van der Waals surface area contributed by atoms with E-state index in [0.717, 1.165) is 0 Å². The Balaban J connectivity index is -0.0000000833. The van der Waals surface area contributed by atoms with Gasteiger partial charge >= 0.3 is 128 Å². The average molecular weight is 292 g/mol. The number of rotatable bonds is 2. The second kappa shape index (κ2) is 6.63. The van der Waals surface area contributed by atoms with Crippen molar-refractivity contribution in [1.82, 2.24) is 0 Å². The molecule has 0 aromatic heterocycles. The minimum Gasteiger partial charge on any atom is -1.00 e. The monoisotopic (exact) mass is 292 g/mol. The maximum absolute atomic E-state index is 11.8. The van der Waals surface area contributed by atoms with Gasteiger partial charge in [0.05, 0.1) is 0 Å². The molecule has 0 radical (unpaired) electrons. The van der Waals surface area contributed by atoms with Gasteiger partial charge in [-0.2, -0.15) is 25.6 Å². The van der Waals surface area contributed by atoms with E-state index >= 15 is 0 Å². The minimum absolute atomic E-state index is 0. The smallest absolute Gasteiger partial charge is 1.00 e. The molecule has 0 amide bonds. The molecule has 0 bridgehead atoms. The van der Waals surface area contributed by atoms with Crippen LogP contribution in [0, 0.1) is 0 Å². The maximum Gasteiger partial charge on any atom is 1.00 e. The van der Waals surface area contributed by atoms with E-state index in [1.54, 1.807) is 0 Å². The van der Waals surface area contributed by atoms with Crippen LogP contribution in [-0.2, 0) is 20.2 Å². The van der Waals surface area contributed by atoms with Crippen molar-refractivity contribution < 1.29 is 140 Å². The molecular weight excluding hydrogens is 288 g/mol. The SMILES string of the molecule is O=S(=O)(O)C(F)(F)S(=O)(=O)O.[H-].[H-].[K+].[K+]. The Morgan fingerprint density at radius 1 is 0.923 bits per heavy atom. The molecule has 13 heavy (non-hydrogen) atoms. The summed E-state index contributed by atoms with van der Waals surface area (Å²) in [6, 6.07) is 0. The van der Waals surface area contributed by atoms with E-state index in [4.69, 9.17) is 9.11 Å². The van der Waals surface area contributed by atoms with Gasteiger partial charge in [-0.3, -0.25) is 9.11 Å². The molecule has 0 aliphatic rings. The first-order valence-corrected chi connectivity index (χ1v) is 4.70. The van der Waals surface area contributed by atoms with Gasteiger partial charge in [0, 0.05) is 0 Å². The first kappa shape index (κ1) is 21.3. The average Bonchev–Trinajstić information content (AvgIpc) is 1.58. The Labute approximate surface area is 161 Å². The molecule has 0 fully saturated rings. The molecule has 0 aliphatic heterocycles. The summed E-state index contributed by atoms with van der Waals surface area (Å²) in [5.74, 6) is 0. The van der Waals surface area contributed by atoms with Gasteiger partial charge in [-0.1, -0.05) is 0 Å². The van der Waals surface area contributed by atoms with E-state index in [9.17, 15) is 25.6 Å². The number of alkyl halides is 2. The van der Waals surface area contributed by atoms with Crippen molar-refractivity contribution >= 4 is 20.2 Å². The summed E-state index contributed by atoms with van der Waals surface area (Å²) in [5.41, 5.74) is 0. The normalized spacial score (nSPS) is 12.6.